The normalized spacial score (nSPS) is 24.6. The first-order valence-electron chi connectivity index (χ1n) is 30.2. The minimum Gasteiger partial charge on any atom is -0.453 e. The Balaban J connectivity index is 1.06. The van der Waals surface area contributed by atoms with Crippen LogP contribution in [0.3, 0.4) is 0 Å². The van der Waals surface area contributed by atoms with Crippen LogP contribution in [-0.4, -0.2) is 87.7 Å². The zero-order valence-corrected chi connectivity index (χ0v) is 50.9. The molecule has 2 unspecified atom stereocenters. The van der Waals surface area contributed by atoms with Crippen molar-refractivity contribution in [3.63, 3.8) is 0 Å². The summed E-state index contributed by atoms with van der Waals surface area (Å²) in [4.78, 5) is 14.8. The van der Waals surface area contributed by atoms with E-state index in [9.17, 15) is 4.79 Å². The lowest BCUT2D eigenvalue weighted by atomic mass is 9.73. The maximum atomic E-state index is 14.8. The van der Waals surface area contributed by atoms with Gasteiger partial charge >= 0.3 is 5.97 Å². The van der Waals surface area contributed by atoms with Crippen LogP contribution in [0.5, 0.6) is 0 Å². The highest BCUT2D eigenvalue weighted by molar-refractivity contribution is 6.99. The highest BCUT2D eigenvalue weighted by Gasteiger charge is 2.61. The second kappa shape index (κ2) is 28.3. The van der Waals surface area contributed by atoms with E-state index in [2.05, 4.69) is 130 Å². The van der Waals surface area contributed by atoms with Crippen LogP contribution in [0.4, 0.5) is 0 Å². The number of ether oxygens (including phenoxy) is 9. The molecule has 0 spiro atoms. The monoisotopic (exact) mass is 1170 g/mol. The number of hydrogen-bond donors (Lipinski definition) is 0. The Hall–Kier alpha value is -6.91. The van der Waals surface area contributed by atoms with Crippen LogP contribution in [0, 0.1) is 5.92 Å². The van der Waals surface area contributed by atoms with Gasteiger partial charge in [0.25, 0.3) is 8.32 Å². The Morgan fingerprint density at radius 2 is 0.744 bits per heavy atom. The van der Waals surface area contributed by atoms with Crippen molar-refractivity contribution in [3.8, 4) is 0 Å². The maximum absolute atomic E-state index is 14.8. The molecule has 8 aromatic carbocycles. The third-order valence-electron chi connectivity index (χ3n) is 16.8. The average Bonchev–Trinajstić information content (AvgIpc) is 1.28. The topological polar surface area (TPSA) is 109 Å². The second-order valence-electron chi connectivity index (χ2n) is 24.2. The summed E-state index contributed by atoms with van der Waals surface area (Å²) in [5.74, 6) is -2.20. The van der Waals surface area contributed by atoms with E-state index in [1.807, 2.05) is 135 Å². The van der Waals surface area contributed by atoms with Crippen molar-refractivity contribution in [2.45, 2.75) is 146 Å². The zero-order chi connectivity index (χ0) is 59.4. The first kappa shape index (κ1) is 60.8. The lowest BCUT2D eigenvalue weighted by Crippen LogP contribution is -2.68. The number of carbonyl (C=O) groups excluding carboxylic acids is 1. The predicted molar refractivity (Wildman–Crippen MR) is 335 cm³/mol. The zero-order valence-electron chi connectivity index (χ0n) is 49.9. The van der Waals surface area contributed by atoms with Crippen molar-refractivity contribution in [2.24, 2.45) is 5.92 Å². The molecule has 11 rings (SSSR count). The van der Waals surface area contributed by atoms with Gasteiger partial charge in [-0.25, -0.2) is 4.79 Å². The lowest BCUT2D eigenvalue weighted by Gasteiger charge is -2.52. The average molecular weight is 1170 g/mol. The summed E-state index contributed by atoms with van der Waals surface area (Å²) in [6.07, 6.45) is -7.61. The molecule has 2 heterocycles. The molecular weight excluding hydrogens is 1090 g/mol. The van der Waals surface area contributed by atoms with Gasteiger partial charge in [-0.1, -0.05) is 251 Å². The number of fused-ring (bicyclic) bond motifs is 1. The van der Waals surface area contributed by atoms with Crippen molar-refractivity contribution >= 4 is 24.7 Å². The van der Waals surface area contributed by atoms with Gasteiger partial charge in [-0.15, -0.1) is 0 Å². The van der Waals surface area contributed by atoms with Crippen LogP contribution in [-0.2, 0) is 80.1 Å². The minimum atomic E-state index is -3.15. The van der Waals surface area contributed by atoms with Crippen LogP contribution in [0.25, 0.3) is 0 Å². The molecule has 0 bridgehead atoms. The van der Waals surface area contributed by atoms with Crippen LogP contribution in [0.15, 0.2) is 243 Å². The molecule has 12 heteroatoms. The van der Waals surface area contributed by atoms with Crippen molar-refractivity contribution < 1.29 is 51.9 Å². The summed E-state index contributed by atoms with van der Waals surface area (Å²) in [6, 6.07) is 81.1. The SMILES string of the molecule is CC1(C)O[C@H]2[C@@H](OC(=O)c3ccccc3)[C@H](CC3[C@@H](OCc4ccccc4)[C@H](OCc4ccccc4)C(OCc4ccccc4)[C@@H](OCc4ccccc4)[C@H]3OCc3ccccc3)O[C@H](CO[Si](c3ccccc3)(c3ccccc3)C(C)(C)C)[C@H]2O1. The molecule has 2 saturated heterocycles. The number of carbonyl (C=O) groups is 1. The summed E-state index contributed by atoms with van der Waals surface area (Å²) in [6.45, 7) is 12.0. The molecule has 1 aliphatic carbocycles. The number of rotatable bonds is 24. The van der Waals surface area contributed by atoms with Gasteiger partial charge < -0.3 is 47.1 Å². The quantitative estimate of drug-likeness (QED) is 0.0426. The van der Waals surface area contributed by atoms with Crippen molar-refractivity contribution in [2.75, 3.05) is 6.61 Å². The van der Waals surface area contributed by atoms with Gasteiger partial charge in [0.15, 0.2) is 11.9 Å². The van der Waals surface area contributed by atoms with Gasteiger partial charge in [0.05, 0.1) is 63.5 Å². The van der Waals surface area contributed by atoms with E-state index in [0.717, 1.165) is 38.2 Å². The molecule has 446 valence electrons. The number of benzene rings is 8. The van der Waals surface area contributed by atoms with Gasteiger partial charge in [-0.05, 0) is 75.6 Å². The van der Waals surface area contributed by atoms with Crippen LogP contribution >= 0.6 is 0 Å². The van der Waals surface area contributed by atoms with E-state index in [0.29, 0.717) is 5.56 Å². The van der Waals surface area contributed by atoms with Crippen LogP contribution in [0.1, 0.15) is 79.2 Å². The Bertz CT molecular complexity index is 3170. The molecule has 0 amide bonds. The fraction of sp³-hybridized carbons (Fsp3) is 0.338. The Kier molecular flexibility index (Phi) is 20.0. The van der Waals surface area contributed by atoms with Crippen molar-refractivity contribution in [1.82, 2.24) is 0 Å². The van der Waals surface area contributed by atoms with E-state index >= 15 is 0 Å². The van der Waals surface area contributed by atoms with Crippen LogP contribution < -0.4 is 10.4 Å². The Morgan fingerprint density at radius 3 is 1.12 bits per heavy atom. The summed E-state index contributed by atoms with van der Waals surface area (Å²) in [5, 5.41) is 1.92. The fourth-order valence-corrected chi connectivity index (χ4v) is 17.3. The molecule has 11 nitrogen and oxygen atoms in total. The van der Waals surface area contributed by atoms with Gasteiger partial charge in [0.1, 0.15) is 36.6 Å². The fourth-order valence-electron chi connectivity index (χ4n) is 12.8. The molecule has 2 aliphatic heterocycles. The first-order valence-corrected chi connectivity index (χ1v) is 32.1. The van der Waals surface area contributed by atoms with Gasteiger partial charge in [-0.3, -0.25) is 0 Å². The highest BCUT2D eigenvalue weighted by Crippen LogP contribution is 2.46. The number of esters is 1. The van der Waals surface area contributed by atoms with E-state index in [-0.39, 0.29) is 51.1 Å². The molecule has 0 aromatic heterocycles. The molecule has 86 heavy (non-hydrogen) atoms. The largest absolute Gasteiger partial charge is 0.453 e. The molecule has 0 N–H and O–H groups in total. The smallest absolute Gasteiger partial charge is 0.338 e. The van der Waals surface area contributed by atoms with Crippen molar-refractivity contribution in [1.29, 1.82) is 0 Å². The third kappa shape index (κ3) is 14.6. The summed E-state index contributed by atoms with van der Waals surface area (Å²) in [7, 11) is -3.15. The Labute approximate surface area is 508 Å². The lowest BCUT2D eigenvalue weighted by molar-refractivity contribution is -0.279. The van der Waals surface area contributed by atoms with E-state index in [4.69, 9.17) is 47.1 Å². The molecule has 1 saturated carbocycles. The van der Waals surface area contributed by atoms with Gasteiger partial charge in [0.2, 0.25) is 0 Å². The molecule has 3 fully saturated rings. The summed E-state index contributed by atoms with van der Waals surface area (Å²) >= 11 is 0. The highest BCUT2D eigenvalue weighted by atomic mass is 28.4. The number of hydrogen-bond acceptors (Lipinski definition) is 11. The molecular formula is C74H80O11Si. The van der Waals surface area contributed by atoms with E-state index < -0.39 is 87.0 Å². The van der Waals surface area contributed by atoms with Crippen LogP contribution in [0.2, 0.25) is 5.04 Å². The van der Waals surface area contributed by atoms with Crippen molar-refractivity contribution in [3.05, 3.63) is 276 Å². The third-order valence-corrected chi connectivity index (χ3v) is 21.8. The summed E-state index contributed by atoms with van der Waals surface area (Å²) < 4.78 is 73.3. The summed E-state index contributed by atoms with van der Waals surface area (Å²) in [5.41, 5.74) is 5.30. The predicted octanol–water partition coefficient (Wildman–Crippen LogP) is 13.0. The minimum absolute atomic E-state index is 0.136. The molecule has 8 aromatic rings. The first-order chi connectivity index (χ1) is 41.9. The maximum Gasteiger partial charge on any atom is 0.338 e. The Morgan fingerprint density at radius 1 is 0.419 bits per heavy atom. The molecule has 3 aliphatic rings. The molecule has 0 radical (unpaired) electrons. The molecule has 11 atom stereocenters. The second-order valence-corrected chi connectivity index (χ2v) is 28.5. The van der Waals surface area contributed by atoms with Gasteiger partial charge in [0, 0.05) is 5.92 Å². The van der Waals surface area contributed by atoms with Gasteiger partial charge in [-0.2, -0.15) is 0 Å². The van der Waals surface area contributed by atoms with E-state index in [1.165, 1.54) is 0 Å². The van der Waals surface area contributed by atoms with E-state index in [1.54, 1.807) is 12.1 Å². The standard InChI is InChI=1S/C74H80O11Si/c1-73(2,3)86(59-42-26-12-27-43-59,60-44-28-13-29-45-60)81-52-63-67-71(85-74(4,5)84-67)66(83-72(75)58-40-24-11-25-41-58)62(82-63)46-61-64(76-47-53-30-14-6-15-31-53)68(78-49-55-34-18-8-19-35-55)70(80-51-57-38-22-10-23-39-57)69(79-50-56-36-20-9-21-37-56)65(61)77-48-54-32-16-7-17-33-54/h6-45,61-71H,46-52H2,1-5H3/t61?,62-,63+,64-,65+,66-,67+,68-,69-,70?,71-/m0/s1.